The lowest BCUT2D eigenvalue weighted by atomic mass is 10.1. The van der Waals surface area contributed by atoms with Crippen LogP contribution in [0.3, 0.4) is 0 Å². The summed E-state index contributed by atoms with van der Waals surface area (Å²) in [5, 5.41) is 4.47. The Morgan fingerprint density at radius 2 is 1.32 bits per heavy atom. The smallest absolute Gasteiger partial charge is 0.312 e. The molecule has 0 saturated carbocycles. The van der Waals surface area contributed by atoms with Crippen molar-refractivity contribution in [2.45, 2.75) is 12.8 Å². The fourth-order valence-corrected chi connectivity index (χ4v) is 4.59. The Hall–Kier alpha value is -3.94. The van der Waals surface area contributed by atoms with Crippen molar-refractivity contribution in [3.8, 4) is 16.9 Å². The molecule has 3 amide bonds. The number of piperazine rings is 1. The third-order valence-corrected chi connectivity index (χ3v) is 6.48. The summed E-state index contributed by atoms with van der Waals surface area (Å²) in [6, 6.07) is 19.4. The van der Waals surface area contributed by atoms with Crippen LogP contribution in [0.2, 0.25) is 0 Å². The fraction of sp³-hybridized carbons (Fsp3) is 0.308. The second kappa shape index (κ2) is 9.51. The first-order chi connectivity index (χ1) is 16.6. The molecule has 174 valence electrons. The Kier molecular flexibility index (Phi) is 6.12. The maximum absolute atomic E-state index is 13.2. The minimum atomic E-state index is -0.455. The molecule has 2 saturated heterocycles. The lowest BCUT2D eigenvalue weighted by molar-refractivity contribution is -0.152. The number of aromatic nitrogens is 2. The van der Waals surface area contributed by atoms with Crippen molar-refractivity contribution < 1.29 is 14.4 Å². The third kappa shape index (κ3) is 4.31. The van der Waals surface area contributed by atoms with Crippen molar-refractivity contribution in [2.24, 2.45) is 0 Å². The van der Waals surface area contributed by atoms with E-state index in [0.717, 1.165) is 29.8 Å². The number of carbonyl (C=O) groups excluding carboxylic acids is 3. The molecule has 0 atom stereocenters. The summed E-state index contributed by atoms with van der Waals surface area (Å²) >= 11 is 0. The topological polar surface area (TPSA) is 78.8 Å². The summed E-state index contributed by atoms with van der Waals surface area (Å²) in [6.07, 6.45) is 3.65. The lowest BCUT2D eigenvalue weighted by Gasteiger charge is -2.35. The van der Waals surface area contributed by atoms with Crippen LogP contribution in [0.4, 0.5) is 0 Å². The number of hydrogen-bond acceptors (Lipinski definition) is 4. The summed E-state index contributed by atoms with van der Waals surface area (Å²) in [5.74, 6) is -0.963. The Bertz CT molecular complexity index is 1190. The van der Waals surface area contributed by atoms with E-state index in [0.29, 0.717) is 44.8 Å². The minimum absolute atomic E-state index is 0.0896. The van der Waals surface area contributed by atoms with Crippen LogP contribution in [0.1, 0.15) is 23.2 Å². The molecule has 8 heteroatoms. The third-order valence-electron chi connectivity index (χ3n) is 6.48. The summed E-state index contributed by atoms with van der Waals surface area (Å²) in [6.45, 7) is 2.84. The standard InChI is InChI=1S/C26H27N5O3/c32-24(29-15-17-30(18-16-29)26(34)25(33)28-13-4-5-14-28)21-9-6-10-22(19-21)31-23(11-12-27-31)20-7-2-1-3-8-20/h1-3,6-12,19H,4-5,13-18H2. The summed E-state index contributed by atoms with van der Waals surface area (Å²) in [7, 11) is 0. The summed E-state index contributed by atoms with van der Waals surface area (Å²) in [5.41, 5.74) is 3.36. The number of likely N-dealkylation sites (tertiary alicyclic amines) is 1. The molecule has 2 aliphatic rings. The molecule has 1 aromatic heterocycles. The van der Waals surface area contributed by atoms with E-state index in [1.54, 1.807) is 27.0 Å². The highest BCUT2D eigenvalue weighted by molar-refractivity contribution is 6.35. The van der Waals surface area contributed by atoms with Gasteiger partial charge in [-0.3, -0.25) is 14.4 Å². The first-order valence-corrected chi connectivity index (χ1v) is 11.7. The molecule has 8 nitrogen and oxygen atoms in total. The molecule has 5 rings (SSSR count). The van der Waals surface area contributed by atoms with Gasteiger partial charge in [0.15, 0.2) is 0 Å². The van der Waals surface area contributed by atoms with Crippen LogP contribution in [-0.2, 0) is 9.59 Å². The Balaban J connectivity index is 1.26. The van der Waals surface area contributed by atoms with Gasteiger partial charge in [0.05, 0.1) is 17.6 Å². The van der Waals surface area contributed by atoms with Gasteiger partial charge in [0.25, 0.3) is 5.91 Å². The zero-order chi connectivity index (χ0) is 23.5. The maximum atomic E-state index is 13.2. The van der Waals surface area contributed by atoms with Crippen molar-refractivity contribution in [1.29, 1.82) is 0 Å². The molecule has 2 aromatic carbocycles. The zero-order valence-electron chi connectivity index (χ0n) is 19.0. The van der Waals surface area contributed by atoms with Gasteiger partial charge in [0, 0.05) is 50.4 Å². The molecule has 0 spiro atoms. The van der Waals surface area contributed by atoms with Gasteiger partial charge in [0.1, 0.15) is 0 Å². The molecule has 2 fully saturated rings. The predicted molar refractivity (Wildman–Crippen MR) is 127 cm³/mol. The molecule has 0 unspecified atom stereocenters. The number of hydrogen-bond donors (Lipinski definition) is 0. The molecule has 0 aliphatic carbocycles. The molecule has 3 aromatic rings. The number of amides is 3. The maximum Gasteiger partial charge on any atom is 0.312 e. The van der Waals surface area contributed by atoms with Crippen molar-refractivity contribution in [1.82, 2.24) is 24.5 Å². The molecule has 3 heterocycles. The second-order valence-corrected chi connectivity index (χ2v) is 8.63. The number of carbonyl (C=O) groups is 3. The van der Waals surface area contributed by atoms with Crippen molar-refractivity contribution in [3.05, 3.63) is 72.4 Å². The summed E-state index contributed by atoms with van der Waals surface area (Å²) in [4.78, 5) is 43.1. The number of rotatable bonds is 3. The highest BCUT2D eigenvalue weighted by atomic mass is 16.2. The highest BCUT2D eigenvalue weighted by Gasteiger charge is 2.32. The molecule has 0 N–H and O–H groups in total. The van der Waals surface area contributed by atoms with Crippen molar-refractivity contribution in [3.63, 3.8) is 0 Å². The molecule has 0 bridgehead atoms. The molecule has 0 radical (unpaired) electrons. The van der Waals surface area contributed by atoms with Crippen LogP contribution in [-0.4, -0.2) is 81.5 Å². The van der Waals surface area contributed by atoms with Gasteiger partial charge >= 0.3 is 11.8 Å². The largest absolute Gasteiger partial charge is 0.335 e. The molecule has 34 heavy (non-hydrogen) atoms. The average Bonchev–Trinajstić information content (AvgIpc) is 3.61. The average molecular weight is 458 g/mol. The quantitative estimate of drug-likeness (QED) is 0.566. The second-order valence-electron chi connectivity index (χ2n) is 8.63. The van der Waals surface area contributed by atoms with E-state index in [-0.39, 0.29) is 5.91 Å². The van der Waals surface area contributed by atoms with E-state index in [1.165, 1.54) is 0 Å². The van der Waals surface area contributed by atoms with E-state index < -0.39 is 11.8 Å². The van der Waals surface area contributed by atoms with E-state index in [4.69, 9.17) is 0 Å². The van der Waals surface area contributed by atoms with E-state index in [9.17, 15) is 14.4 Å². The predicted octanol–water partition coefficient (Wildman–Crippen LogP) is 2.45. The highest BCUT2D eigenvalue weighted by Crippen LogP contribution is 2.23. The fourth-order valence-electron chi connectivity index (χ4n) is 4.59. The van der Waals surface area contributed by atoms with Gasteiger partial charge in [-0.2, -0.15) is 5.10 Å². The van der Waals surface area contributed by atoms with E-state index in [1.807, 2.05) is 59.3 Å². The number of benzene rings is 2. The van der Waals surface area contributed by atoms with Crippen LogP contribution in [0.5, 0.6) is 0 Å². The van der Waals surface area contributed by atoms with Crippen LogP contribution in [0, 0.1) is 0 Å². The normalized spacial score (nSPS) is 16.1. The van der Waals surface area contributed by atoms with Crippen molar-refractivity contribution in [2.75, 3.05) is 39.3 Å². The minimum Gasteiger partial charge on any atom is -0.335 e. The van der Waals surface area contributed by atoms with Gasteiger partial charge in [-0.1, -0.05) is 36.4 Å². The first kappa shape index (κ1) is 21.9. The number of nitrogens with zero attached hydrogens (tertiary/aromatic N) is 5. The lowest BCUT2D eigenvalue weighted by Crippen LogP contribution is -2.54. The van der Waals surface area contributed by atoms with Gasteiger partial charge in [-0.25, -0.2) is 4.68 Å². The molecular formula is C26H27N5O3. The molecule has 2 aliphatic heterocycles. The zero-order valence-corrected chi connectivity index (χ0v) is 19.0. The van der Waals surface area contributed by atoms with Crippen molar-refractivity contribution >= 4 is 17.7 Å². The Labute approximate surface area is 198 Å². The first-order valence-electron chi connectivity index (χ1n) is 11.7. The van der Waals surface area contributed by atoms with Crippen LogP contribution in [0.15, 0.2) is 66.9 Å². The molecular weight excluding hydrogens is 430 g/mol. The van der Waals surface area contributed by atoms with Gasteiger partial charge in [-0.05, 0) is 37.1 Å². The SMILES string of the molecule is O=C(C(=O)N1CCN(C(=O)c2cccc(-n3nccc3-c3ccccc3)c2)CC1)N1CCCC1. The van der Waals surface area contributed by atoms with Gasteiger partial charge in [0.2, 0.25) is 0 Å². The van der Waals surface area contributed by atoms with Crippen LogP contribution in [0.25, 0.3) is 16.9 Å². The van der Waals surface area contributed by atoms with Crippen LogP contribution < -0.4 is 0 Å². The Morgan fingerprint density at radius 1 is 0.676 bits per heavy atom. The van der Waals surface area contributed by atoms with E-state index in [2.05, 4.69) is 5.10 Å². The van der Waals surface area contributed by atoms with E-state index >= 15 is 0 Å². The van der Waals surface area contributed by atoms with Gasteiger partial charge < -0.3 is 14.7 Å². The summed E-state index contributed by atoms with van der Waals surface area (Å²) < 4.78 is 1.83. The monoisotopic (exact) mass is 457 g/mol. The van der Waals surface area contributed by atoms with Gasteiger partial charge in [-0.15, -0.1) is 0 Å². The van der Waals surface area contributed by atoms with Crippen LogP contribution >= 0.6 is 0 Å². The Morgan fingerprint density at radius 3 is 2.03 bits per heavy atom.